The van der Waals surface area contributed by atoms with E-state index in [1.165, 1.54) is 11.1 Å². The maximum Gasteiger partial charge on any atom is 0.227 e. The van der Waals surface area contributed by atoms with Crippen molar-refractivity contribution in [3.05, 3.63) is 96.1 Å². The molecule has 1 fully saturated rings. The summed E-state index contributed by atoms with van der Waals surface area (Å²) in [5.74, 6) is 1.51. The second kappa shape index (κ2) is 8.23. The molecule has 37 heavy (non-hydrogen) atoms. The van der Waals surface area contributed by atoms with Crippen molar-refractivity contribution in [3.8, 4) is 34.4 Å². The number of oxazole rings is 2. The van der Waals surface area contributed by atoms with Gasteiger partial charge in [0.1, 0.15) is 22.5 Å². The first kappa shape index (κ1) is 21.7. The molecule has 0 atom stereocenters. The summed E-state index contributed by atoms with van der Waals surface area (Å²) < 4.78 is 12.1. The highest BCUT2D eigenvalue weighted by Gasteiger charge is 2.38. The Morgan fingerprint density at radius 2 is 1.00 bits per heavy atom. The molecule has 0 unspecified atom stereocenters. The fourth-order valence-corrected chi connectivity index (χ4v) is 5.63. The molecule has 6 aromatic rings. The quantitative estimate of drug-likeness (QED) is 0.266. The molecule has 1 aliphatic carbocycles. The van der Waals surface area contributed by atoms with Gasteiger partial charge in [-0.3, -0.25) is 0 Å². The molecule has 6 heteroatoms. The Labute approximate surface area is 212 Å². The van der Waals surface area contributed by atoms with E-state index in [-0.39, 0.29) is 16.9 Å². The molecule has 2 aromatic heterocycles. The van der Waals surface area contributed by atoms with Crippen molar-refractivity contribution in [1.82, 2.24) is 9.97 Å². The molecule has 182 valence electrons. The number of hydrogen-bond donors (Lipinski definition) is 2. The molecular formula is C31H24N2O4. The van der Waals surface area contributed by atoms with Crippen LogP contribution >= 0.6 is 0 Å². The minimum absolute atomic E-state index is 0.127. The van der Waals surface area contributed by atoms with Crippen molar-refractivity contribution < 1.29 is 19.0 Å². The average Bonchev–Trinajstić information content (AvgIpc) is 3.67. The summed E-state index contributed by atoms with van der Waals surface area (Å²) in [6.07, 6.45) is 4.42. The Bertz CT molecular complexity index is 1620. The fraction of sp³-hybridized carbons (Fsp3) is 0.161. The molecule has 1 saturated carbocycles. The maximum atomic E-state index is 9.60. The van der Waals surface area contributed by atoms with Gasteiger partial charge in [-0.15, -0.1) is 0 Å². The number of hydrogen-bond acceptors (Lipinski definition) is 6. The van der Waals surface area contributed by atoms with E-state index >= 15 is 0 Å². The van der Waals surface area contributed by atoms with E-state index in [1.54, 1.807) is 48.5 Å². The van der Waals surface area contributed by atoms with Gasteiger partial charge in [0.25, 0.3) is 0 Å². The van der Waals surface area contributed by atoms with Gasteiger partial charge in [0.05, 0.1) is 0 Å². The van der Waals surface area contributed by atoms with Gasteiger partial charge in [0.2, 0.25) is 11.8 Å². The molecule has 0 bridgehead atoms. The second-order valence-corrected chi connectivity index (χ2v) is 9.79. The van der Waals surface area contributed by atoms with Crippen LogP contribution in [0.4, 0.5) is 0 Å². The van der Waals surface area contributed by atoms with E-state index in [9.17, 15) is 10.2 Å². The Balaban J connectivity index is 1.29. The molecule has 0 amide bonds. The molecule has 4 aromatic carbocycles. The van der Waals surface area contributed by atoms with Gasteiger partial charge in [0.15, 0.2) is 11.2 Å². The van der Waals surface area contributed by atoms with Crippen LogP contribution in [0.25, 0.3) is 45.1 Å². The Kier molecular flexibility index (Phi) is 4.83. The summed E-state index contributed by atoms with van der Waals surface area (Å²) in [6, 6.07) is 26.4. The molecule has 1 aliphatic rings. The first-order chi connectivity index (χ1) is 18.1. The van der Waals surface area contributed by atoms with E-state index in [1.807, 2.05) is 12.1 Å². The van der Waals surface area contributed by atoms with E-state index in [0.717, 1.165) is 59.0 Å². The van der Waals surface area contributed by atoms with Crippen LogP contribution in [0.1, 0.15) is 36.8 Å². The van der Waals surface area contributed by atoms with E-state index in [4.69, 9.17) is 18.8 Å². The zero-order valence-corrected chi connectivity index (χ0v) is 20.0. The van der Waals surface area contributed by atoms with Gasteiger partial charge >= 0.3 is 0 Å². The van der Waals surface area contributed by atoms with Gasteiger partial charge in [-0.25, -0.2) is 9.97 Å². The smallest absolute Gasteiger partial charge is 0.227 e. The fourth-order valence-electron chi connectivity index (χ4n) is 5.63. The highest BCUT2D eigenvalue weighted by molar-refractivity contribution is 5.80. The lowest BCUT2D eigenvalue weighted by atomic mass is 9.73. The van der Waals surface area contributed by atoms with Gasteiger partial charge in [-0.05, 0) is 96.8 Å². The van der Waals surface area contributed by atoms with Crippen LogP contribution in [-0.2, 0) is 5.41 Å². The number of fused-ring (bicyclic) bond motifs is 2. The molecule has 6 nitrogen and oxygen atoms in total. The third-order valence-electron chi connectivity index (χ3n) is 7.57. The number of aromatic nitrogens is 2. The molecule has 0 radical (unpaired) electrons. The number of benzene rings is 4. The third-order valence-corrected chi connectivity index (χ3v) is 7.57. The number of nitrogens with zero attached hydrogens (tertiary/aromatic N) is 2. The lowest BCUT2D eigenvalue weighted by Gasteiger charge is -2.30. The van der Waals surface area contributed by atoms with Crippen molar-refractivity contribution in [1.29, 1.82) is 0 Å². The maximum absolute atomic E-state index is 9.60. The largest absolute Gasteiger partial charge is 0.508 e. The normalized spacial score (nSPS) is 15.0. The predicted octanol–water partition coefficient (Wildman–Crippen LogP) is 7.57. The van der Waals surface area contributed by atoms with Gasteiger partial charge in [0, 0.05) is 16.5 Å². The summed E-state index contributed by atoms with van der Waals surface area (Å²) in [6.45, 7) is 0. The number of phenolic OH excluding ortho intramolecular Hbond substituents is 2. The Morgan fingerprint density at radius 1 is 0.568 bits per heavy atom. The average molecular weight is 489 g/mol. The van der Waals surface area contributed by atoms with Crippen molar-refractivity contribution in [3.63, 3.8) is 0 Å². The number of aromatic hydroxyl groups is 2. The van der Waals surface area contributed by atoms with Crippen LogP contribution in [0, 0.1) is 0 Å². The van der Waals surface area contributed by atoms with E-state index in [0.29, 0.717) is 11.8 Å². The second-order valence-electron chi connectivity index (χ2n) is 9.79. The summed E-state index contributed by atoms with van der Waals surface area (Å²) >= 11 is 0. The van der Waals surface area contributed by atoms with Crippen molar-refractivity contribution in [2.45, 2.75) is 31.1 Å². The highest BCUT2D eigenvalue weighted by Crippen LogP contribution is 2.48. The lowest BCUT2D eigenvalue weighted by Crippen LogP contribution is -2.23. The zero-order chi connectivity index (χ0) is 25.0. The van der Waals surface area contributed by atoms with Crippen LogP contribution in [0.2, 0.25) is 0 Å². The Morgan fingerprint density at radius 3 is 1.43 bits per heavy atom. The lowest BCUT2D eigenvalue weighted by molar-refractivity contribution is 0.474. The number of rotatable bonds is 4. The number of phenols is 2. The van der Waals surface area contributed by atoms with Gasteiger partial charge in [-0.2, -0.15) is 0 Å². The summed E-state index contributed by atoms with van der Waals surface area (Å²) in [5.41, 5.74) is 7.11. The van der Waals surface area contributed by atoms with Crippen LogP contribution in [0.3, 0.4) is 0 Å². The van der Waals surface area contributed by atoms with Crippen molar-refractivity contribution in [2.24, 2.45) is 0 Å². The Hall–Kier alpha value is -4.58. The molecule has 0 aliphatic heterocycles. The SMILES string of the molecule is Oc1ccc(-c2nc3cc(C4(c5ccc6oc(-c7ccc(O)cc7)nc6c5)CCCC4)ccc3o2)cc1. The summed E-state index contributed by atoms with van der Waals surface area (Å²) in [7, 11) is 0. The van der Waals surface area contributed by atoms with Crippen LogP contribution in [0.15, 0.2) is 93.8 Å². The zero-order valence-electron chi connectivity index (χ0n) is 20.0. The molecular weight excluding hydrogens is 464 g/mol. The minimum Gasteiger partial charge on any atom is -0.508 e. The van der Waals surface area contributed by atoms with E-state index in [2.05, 4.69) is 24.3 Å². The van der Waals surface area contributed by atoms with Crippen LogP contribution < -0.4 is 0 Å². The van der Waals surface area contributed by atoms with Crippen LogP contribution in [0.5, 0.6) is 11.5 Å². The van der Waals surface area contributed by atoms with E-state index < -0.39 is 0 Å². The van der Waals surface area contributed by atoms with Crippen molar-refractivity contribution >= 4 is 22.2 Å². The third kappa shape index (κ3) is 3.64. The van der Waals surface area contributed by atoms with Crippen LogP contribution in [-0.4, -0.2) is 20.2 Å². The summed E-state index contributed by atoms with van der Waals surface area (Å²) in [4.78, 5) is 9.54. The first-order valence-corrected chi connectivity index (χ1v) is 12.5. The predicted molar refractivity (Wildman–Crippen MR) is 141 cm³/mol. The topological polar surface area (TPSA) is 92.5 Å². The van der Waals surface area contributed by atoms with Gasteiger partial charge < -0.3 is 19.0 Å². The highest BCUT2D eigenvalue weighted by atomic mass is 16.4. The standard InChI is InChI=1S/C31H24N2O4/c34-23-9-3-19(4-10-23)29-32-25-17-21(7-13-27(25)36-29)31(15-1-2-16-31)22-8-14-28-26(18-22)33-30(37-28)20-5-11-24(35)12-6-20/h3-14,17-18,34-35H,1-2,15-16H2. The molecule has 0 saturated heterocycles. The molecule has 7 rings (SSSR count). The van der Waals surface area contributed by atoms with Crippen molar-refractivity contribution in [2.75, 3.05) is 0 Å². The monoisotopic (exact) mass is 488 g/mol. The molecule has 0 spiro atoms. The molecule has 2 N–H and O–H groups in total. The minimum atomic E-state index is -0.127. The molecule has 2 heterocycles. The first-order valence-electron chi connectivity index (χ1n) is 12.5. The van der Waals surface area contributed by atoms with Gasteiger partial charge in [-0.1, -0.05) is 25.0 Å². The summed E-state index contributed by atoms with van der Waals surface area (Å²) in [5, 5.41) is 19.2.